The van der Waals surface area contributed by atoms with Crippen molar-refractivity contribution in [3.05, 3.63) is 12.4 Å². The van der Waals surface area contributed by atoms with E-state index in [9.17, 15) is 9.59 Å². The van der Waals surface area contributed by atoms with Gasteiger partial charge < -0.3 is 16.2 Å². The van der Waals surface area contributed by atoms with E-state index in [0.717, 1.165) is 5.69 Å². The minimum Gasteiger partial charge on any atom is -0.481 e. The number of nitrogens with one attached hydrogen (secondary N) is 1. The van der Waals surface area contributed by atoms with Gasteiger partial charge in [-0.25, -0.2) is 0 Å². The van der Waals surface area contributed by atoms with Gasteiger partial charge in [0.1, 0.15) is 6.54 Å². The van der Waals surface area contributed by atoms with E-state index < -0.39 is 11.9 Å². The maximum Gasteiger partial charge on any atom is 0.303 e. The molecular formula is C10H16N4O3. The normalized spacial score (nSPS) is 12.1. The zero-order chi connectivity index (χ0) is 12.8. The number of carbonyl (C=O) groups excluding carboxylic acids is 1. The Morgan fingerprint density at radius 2 is 2.35 bits per heavy atom. The summed E-state index contributed by atoms with van der Waals surface area (Å²) in [5, 5.41) is 15.6. The van der Waals surface area contributed by atoms with Crippen LogP contribution in [0, 0.1) is 0 Å². The van der Waals surface area contributed by atoms with Crippen LogP contribution in [-0.4, -0.2) is 32.8 Å². The van der Waals surface area contributed by atoms with Crippen molar-refractivity contribution in [2.24, 2.45) is 5.73 Å². The fourth-order valence-corrected chi connectivity index (χ4v) is 1.38. The standard InChI is InChI=1S/C10H16N4O3/c1-7(2-3-10(16)17)13-8-4-12-14(5-8)6-9(11)15/h4-5,7,13H,2-3,6H2,1H3,(H2,11,15)(H,16,17). The molecule has 0 aromatic carbocycles. The van der Waals surface area contributed by atoms with Gasteiger partial charge in [0.25, 0.3) is 0 Å². The molecule has 1 heterocycles. The van der Waals surface area contributed by atoms with Crippen molar-refractivity contribution in [2.45, 2.75) is 32.4 Å². The Morgan fingerprint density at radius 1 is 1.65 bits per heavy atom. The van der Waals surface area contributed by atoms with Crippen LogP contribution in [0.15, 0.2) is 12.4 Å². The minimum atomic E-state index is -0.817. The quantitative estimate of drug-likeness (QED) is 0.623. The van der Waals surface area contributed by atoms with Crippen molar-refractivity contribution < 1.29 is 14.7 Å². The molecule has 1 atom stereocenters. The van der Waals surface area contributed by atoms with E-state index in [1.807, 2.05) is 6.92 Å². The second-order valence-corrected chi connectivity index (χ2v) is 3.87. The van der Waals surface area contributed by atoms with Crippen LogP contribution in [0.25, 0.3) is 0 Å². The van der Waals surface area contributed by atoms with E-state index in [1.54, 1.807) is 12.4 Å². The highest BCUT2D eigenvalue weighted by molar-refractivity contribution is 5.73. The van der Waals surface area contributed by atoms with E-state index in [4.69, 9.17) is 10.8 Å². The SMILES string of the molecule is CC(CCC(=O)O)Nc1cnn(CC(N)=O)c1. The minimum absolute atomic E-state index is 0.0253. The van der Waals surface area contributed by atoms with Gasteiger partial charge in [-0.3, -0.25) is 14.3 Å². The van der Waals surface area contributed by atoms with Crippen LogP contribution >= 0.6 is 0 Å². The first-order chi connectivity index (χ1) is 7.97. The van der Waals surface area contributed by atoms with Gasteiger partial charge in [0.05, 0.1) is 11.9 Å². The van der Waals surface area contributed by atoms with Crippen molar-refractivity contribution >= 4 is 17.6 Å². The Kier molecular flexibility index (Phi) is 4.50. The Balaban J connectivity index is 2.42. The zero-order valence-corrected chi connectivity index (χ0v) is 9.59. The molecule has 1 aromatic heterocycles. The van der Waals surface area contributed by atoms with E-state index >= 15 is 0 Å². The Morgan fingerprint density at radius 3 is 2.94 bits per heavy atom. The van der Waals surface area contributed by atoms with Gasteiger partial charge in [-0.1, -0.05) is 0 Å². The zero-order valence-electron chi connectivity index (χ0n) is 9.59. The number of carbonyl (C=O) groups is 2. The highest BCUT2D eigenvalue weighted by Crippen LogP contribution is 2.09. The number of aromatic nitrogens is 2. The maximum absolute atomic E-state index is 10.7. The molecule has 0 aliphatic heterocycles. The van der Waals surface area contributed by atoms with Gasteiger partial charge in [-0.2, -0.15) is 5.10 Å². The second-order valence-electron chi connectivity index (χ2n) is 3.87. The average Bonchev–Trinajstić information content (AvgIpc) is 2.61. The molecule has 0 saturated heterocycles. The lowest BCUT2D eigenvalue weighted by molar-refractivity contribution is -0.137. The molecule has 0 saturated carbocycles. The monoisotopic (exact) mass is 240 g/mol. The highest BCUT2D eigenvalue weighted by atomic mass is 16.4. The number of amides is 1. The van der Waals surface area contributed by atoms with Crippen molar-refractivity contribution in [3.63, 3.8) is 0 Å². The van der Waals surface area contributed by atoms with Crippen molar-refractivity contribution in [1.29, 1.82) is 0 Å². The third kappa shape index (κ3) is 5.01. The van der Waals surface area contributed by atoms with Gasteiger partial charge in [-0.15, -0.1) is 0 Å². The number of hydrogen-bond acceptors (Lipinski definition) is 4. The van der Waals surface area contributed by atoms with E-state index in [2.05, 4.69) is 10.4 Å². The van der Waals surface area contributed by atoms with Gasteiger partial charge >= 0.3 is 5.97 Å². The number of aliphatic carboxylic acids is 1. The number of rotatable bonds is 7. The molecule has 7 nitrogen and oxygen atoms in total. The number of carboxylic acids is 1. The first kappa shape index (κ1) is 13.0. The molecule has 17 heavy (non-hydrogen) atoms. The summed E-state index contributed by atoms with van der Waals surface area (Å²) < 4.78 is 1.43. The Hall–Kier alpha value is -2.05. The fraction of sp³-hybridized carbons (Fsp3) is 0.500. The van der Waals surface area contributed by atoms with Crippen LogP contribution in [0.4, 0.5) is 5.69 Å². The largest absolute Gasteiger partial charge is 0.481 e. The summed E-state index contributed by atoms with van der Waals surface area (Å²) in [6.07, 6.45) is 3.86. The molecule has 4 N–H and O–H groups in total. The Bertz CT molecular complexity index is 402. The lowest BCUT2D eigenvalue weighted by atomic mass is 10.2. The van der Waals surface area contributed by atoms with Crippen LogP contribution in [-0.2, 0) is 16.1 Å². The molecule has 0 aliphatic rings. The van der Waals surface area contributed by atoms with E-state index in [1.165, 1.54) is 4.68 Å². The summed E-state index contributed by atoms with van der Waals surface area (Å²) in [5.74, 6) is -1.28. The molecule has 94 valence electrons. The average molecular weight is 240 g/mol. The number of nitrogens with zero attached hydrogens (tertiary/aromatic N) is 2. The molecule has 0 radical (unpaired) electrons. The van der Waals surface area contributed by atoms with Crippen LogP contribution in [0.1, 0.15) is 19.8 Å². The van der Waals surface area contributed by atoms with Crippen LogP contribution in [0.2, 0.25) is 0 Å². The maximum atomic E-state index is 10.7. The molecule has 7 heteroatoms. The van der Waals surface area contributed by atoms with Crippen molar-refractivity contribution in [3.8, 4) is 0 Å². The summed E-state index contributed by atoms with van der Waals surface area (Å²) in [4.78, 5) is 21.0. The molecule has 0 bridgehead atoms. The molecule has 1 amide bonds. The molecular weight excluding hydrogens is 224 g/mol. The number of primary amides is 1. The molecule has 1 aromatic rings. The van der Waals surface area contributed by atoms with Gasteiger partial charge in [0.2, 0.25) is 5.91 Å². The summed E-state index contributed by atoms with van der Waals surface area (Å²) in [6.45, 7) is 1.92. The molecule has 1 rings (SSSR count). The molecule has 0 spiro atoms. The first-order valence-corrected chi connectivity index (χ1v) is 5.26. The van der Waals surface area contributed by atoms with Crippen LogP contribution in [0.5, 0.6) is 0 Å². The highest BCUT2D eigenvalue weighted by Gasteiger charge is 2.07. The number of carboxylic acid groups (broad SMARTS) is 1. The van der Waals surface area contributed by atoms with Crippen molar-refractivity contribution in [2.75, 3.05) is 5.32 Å². The Labute approximate surface area is 98.6 Å². The fourth-order valence-electron chi connectivity index (χ4n) is 1.38. The number of anilines is 1. The molecule has 0 aliphatic carbocycles. The molecule has 1 unspecified atom stereocenters. The first-order valence-electron chi connectivity index (χ1n) is 5.26. The summed E-state index contributed by atoms with van der Waals surface area (Å²) >= 11 is 0. The summed E-state index contributed by atoms with van der Waals surface area (Å²) in [5.41, 5.74) is 5.77. The lowest BCUT2D eigenvalue weighted by Crippen LogP contribution is -2.19. The number of hydrogen-bond donors (Lipinski definition) is 3. The topological polar surface area (TPSA) is 110 Å². The smallest absolute Gasteiger partial charge is 0.303 e. The van der Waals surface area contributed by atoms with Crippen LogP contribution < -0.4 is 11.1 Å². The number of nitrogens with two attached hydrogens (primary N) is 1. The third-order valence-corrected chi connectivity index (χ3v) is 2.16. The van der Waals surface area contributed by atoms with Gasteiger partial charge in [0, 0.05) is 18.7 Å². The molecule has 0 fully saturated rings. The predicted molar refractivity (Wildman–Crippen MR) is 61.4 cm³/mol. The van der Waals surface area contributed by atoms with Gasteiger partial charge in [0.15, 0.2) is 0 Å². The summed E-state index contributed by atoms with van der Waals surface area (Å²) in [7, 11) is 0. The summed E-state index contributed by atoms with van der Waals surface area (Å²) in [6, 6.07) is 0.0253. The van der Waals surface area contributed by atoms with E-state index in [0.29, 0.717) is 6.42 Å². The lowest BCUT2D eigenvalue weighted by Gasteiger charge is -2.11. The van der Waals surface area contributed by atoms with E-state index in [-0.39, 0.29) is 19.0 Å². The third-order valence-electron chi connectivity index (χ3n) is 2.16. The van der Waals surface area contributed by atoms with Crippen LogP contribution in [0.3, 0.4) is 0 Å². The second kappa shape index (κ2) is 5.88. The van der Waals surface area contributed by atoms with Crippen molar-refractivity contribution in [1.82, 2.24) is 9.78 Å². The predicted octanol–water partition coefficient (Wildman–Crippen LogP) is 0.0336. The van der Waals surface area contributed by atoms with Gasteiger partial charge in [-0.05, 0) is 13.3 Å².